The summed E-state index contributed by atoms with van der Waals surface area (Å²) < 4.78 is 21.4. The van der Waals surface area contributed by atoms with E-state index < -0.39 is 5.82 Å². The molecule has 2 atom stereocenters. The Balaban J connectivity index is 1.63. The number of fused-ring (bicyclic) bond motifs is 1. The number of likely N-dealkylation sites (tertiary alicyclic amines) is 1. The molecule has 2 unspecified atom stereocenters. The lowest BCUT2D eigenvalue weighted by atomic mass is 9.98. The number of carbonyl (C=O) groups excluding carboxylic acids is 1. The van der Waals surface area contributed by atoms with Crippen molar-refractivity contribution in [3.63, 3.8) is 0 Å². The van der Waals surface area contributed by atoms with Crippen molar-refractivity contribution in [3.05, 3.63) is 47.4 Å². The second kappa shape index (κ2) is 9.20. The number of nitrogens with zero attached hydrogens (tertiary/aromatic N) is 5. The summed E-state index contributed by atoms with van der Waals surface area (Å²) in [5, 5.41) is 11.0. The van der Waals surface area contributed by atoms with E-state index in [9.17, 15) is 9.90 Å². The van der Waals surface area contributed by atoms with Gasteiger partial charge in [0.2, 0.25) is 5.91 Å². The van der Waals surface area contributed by atoms with E-state index in [1.807, 2.05) is 18.9 Å². The quantitative estimate of drug-likeness (QED) is 0.480. The SMILES string of the molecule is C=CC(=O)N1CCC(N(C)c2nc(OC)nc3c(F)c(-c4cc(O)cc(Cl)c4C4CC4)ncc23)C1C. The zero-order valence-electron chi connectivity index (χ0n) is 20.3. The van der Waals surface area contributed by atoms with Crippen molar-refractivity contribution in [2.24, 2.45) is 0 Å². The smallest absolute Gasteiger partial charge is 0.318 e. The molecular formula is C26H27ClFN5O3. The lowest BCUT2D eigenvalue weighted by molar-refractivity contribution is -0.126. The first-order valence-electron chi connectivity index (χ1n) is 11.8. The topological polar surface area (TPSA) is 91.7 Å². The monoisotopic (exact) mass is 511 g/mol. The summed E-state index contributed by atoms with van der Waals surface area (Å²) in [5.74, 6) is -0.172. The number of benzene rings is 1. The number of amides is 1. The normalized spacial score (nSPS) is 19.5. The third kappa shape index (κ3) is 4.01. The largest absolute Gasteiger partial charge is 0.508 e. The average molecular weight is 512 g/mol. The summed E-state index contributed by atoms with van der Waals surface area (Å²) in [6.07, 6.45) is 5.46. The number of hydrogen-bond acceptors (Lipinski definition) is 7. The number of likely N-dealkylation sites (N-methyl/N-ethyl adjacent to an activating group) is 1. The third-order valence-corrected chi connectivity index (χ3v) is 7.50. The highest BCUT2D eigenvalue weighted by atomic mass is 35.5. The fourth-order valence-electron chi connectivity index (χ4n) is 5.18. The number of anilines is 1. The first-order valence-corrected chi connectivity index (χ1v) is 12.2. The molecule has 2 aromatic heterocycles. The van der Waals surface area contributed by atoms with Crippen LogP contribution in [0.3, 0.4) is 0 Å². The van der Waals surface area contributed by atoms with Crippen molar-refractivity contribution in [1.29, 1.82) is 0 Å². The molecule has 36 heavy (non-hydrogen) atoms. The van der Waals surface area contributed by atoms with Gasteiger partial charge in [-0.25, -0.2) is 4.39 Å². The van der Waals surface area contributed by atoms with Gasteiger partial charge in [0.25, 0.3) is 0 Å². The molecule has 2 fully saturated rings. The van der Waals surface area contributed by atoms with Gasteiger partial charge in [-0.15, -0.1) is 0 Å². The average Bonchev–Trinajstić information content (AvgIpc) is 3.62. The van der Waals surface area contributed by atoms with Crippen LogP contribution >= 0.6 is 11.6 Å². The number of aromatic nitrogens is 3. The summed E-state index contributed by atoms with van der Waals surface area (Å²) in [4.78, 5) is 29.2. The van der Waals surface area contributed by atoms with E-state index in [-0.39, 0.29) is 46.9 Å². The molecule has 1 amide bonds. The Morgan fingerprint density at radius 2 is 2.08 bits per heavy atom. The van der Waals surface area contributed by atoms with E-state index in [0.29, 0.717) is 34.8 Å². The Labute approximate surface area is 213 Å². The lowest BCUT2D eigenvalue weighted by Crippen LogP contribution is -2.43. The fourth-order valence-corrected chi connectivity index (χ4v) is 5.55. The van der Waals surface area contributed by atoms with Crippen LogP contribution in [0.4, 0.5) is 10.2 Å². The van der Waals surface area contributed by atoms with E-state index in [0.717, 1.165) is 18.4 Å². The first kappa shape index (κ1) is 24.2. The molecule has 1 aromatic carbocycles. The van der Waals surface area contributed by atoms with Crippen molar-refractivity contribution in [1.82, 2.24) is 19.9 Å². The van der Waals surface area contributed by atoms with Crippen LogP contribution in [0.5, 0.6) is 11.8 Å². The summed E-state index contributed by atoms with van der Waals surface area (Å²) in [7, 11) is 3.28. The number of pyridine rings is 1. The first-order chi connectivity index (χ1) is 17.2. The highest BCUT2D eigenvalue weighted by molar-refractivity contribution is 6.32. The summed E-state index contributed by atoms with van der Waals surface area (Å²) in [6, 6.07) is 2.81. The Bertz CT molecular complexity index is 1380. The van der Waals surface area contributed by atoms with Gasteiger partial charge in [0.15, 0.2) is 5.82 Å². The second-order valence-electron chi connectivity index (χ2n) is 9.32. The molecule has 1 N–H and O–H groups in total. The van der Waals surface area contributed by atoms with Gasteiger partial charge in [-0.2, -0.15) is 9.97 Å². The molecule has 1 saturated carbocycles. The summed E-state index contributed by atoms with van der Waals surface area (Å²) in [5.41, 5.74) is 1.36. The van der Waals surface area contributed by atoms with Gasteiger partial charge in [-0.05, 0) is 55.9 Å². The van der Waals surface area contributed by atoms with Crippen LogP contribution in [-0.4, -0.2) is 63.7 Å². The summed E-state index contributed by atoms with van der Waals surface area (Å²) in [6.45, 7) is 6.14. The molecule has 5 rings (SSSR count). The van der Waals surface area contributed by atoms with Gasteiger partial charge in [-0.3, -0.25) is 9.78 Å². The van der Waals surface area contributed by atoms with Gasteiger partial charge < -0.3 is 19.6 Å². The van der Waals surface area contributed by atoms with Crippen LogP contribution in [0, 0.1) is 5.82 Å². The zero-order chi connectivity index (χ0) is 25.7. The molecular weight excluding hydrogens is 485 g/mol. The van der Waals surface area contributed by atoms with Crippen LogP contribution in [0.2, 0.25) is 5.02 Å². The molecule has 8 nitrogen and oxygen atoms in total. The Morgan fingerprint density at radius 3 is 2.75 bits per heavy atom. The highest BCUT2D eigenvalue weighted by Gasteiger charge is 2.37. The number of hydrogen-bond donors (Lipinski definition) is 1. The number of phenolic OH excluding ortho intramolecular Hbond substituents is 1. The van der Waals surface area contributed by atoms with E-state index in [1.165, 1.54) is 25.3 Å². The summed E-state index contributed by atoms with van der Waals surface area (Å²) >= 11 is 6.44. The number of ether oxygens (including phenoxy) is 1. The molecule has 10 heteroatoms. The Hall–Kier alpha value is -3.46. The predicted octanol–water partition coefficient (Wildman–Crippen LogP) is 4.69. The van der Waals surface area contributed by atoms with Gasteiger partial charge in [0.1, 0.15) is 22.8 Å². The molecule has 3 heterocycles. The minimum Gasteiger partial charge on any atom is -0.508 e. The van der Waals surface area contributed by atoms with Gasteiger partial charge in [0.05, 0.1) is 18.5 Å². The number of aromatic hydroxyl groups is 1. The minimum absolute atomic E-state index is 0.0152. The van der Waals surface area contributed by atoms with Crippen molar-refractivity contribution < 1.29 is 19.0 Å². The minimum atomic E-state index is -0.644. The van der Waals surface area contributed by atoms with Crippen LogP contribution in [0.15, 0.2) is 31.0 Å². The molecule has 2 aliphatic rings. The number of rotatable bonds is 6. The van der Waals surface area contributed by atoms with Crippen LogP contribution < -0.4 is 9.64 Å². The molecule has 188 valence electrons. The van der Waals surface area contributed by atoms with E-state index >= 15 is 4.39 Å². The number of halogens is 2. The molecule has 3 aromatic rings. The van der Waals surface area contributed by atoms with Gasteiger partial charge >= 0.3 is 6.01 Å². The Kier molecular flexibility index (Phi) is 6.20. The zero-order valence-corrected chi connectivity index (χ0v) is 21.1. The standard InChI is InChI=1S/C26H27ClFN5O3/c1-5-20(35)33-9-8-19(13(33)2)32(3)25-17-12-29-23(22(28)24(17)30-26(31-25)36-4)16-10-15(34)11-18(27)21(16)14-6-7-14/h5,10-14,19,34H,1,6-9H2,2-4H3. The molecule has 0 radical (unpaired) electrons. The number of carbonyl (C=O) groups is 1. The number of phenols is 1. The Morgan fingerprint density at radius 1 is 1.33 bits per heavy atom. The predicted molar refractivity (Wildman–Crippen MR) is 136 cm³/mol. The van der Waals surface area contributed by atoms with Crippen LogP contribution in [0.25, 0.3) is 22.2 Å². The maximum Gasteiger partial charge on any atom is 0.318 e. The van der Waals surface area contributed by atoms with E-state index in [2.05, 4.69) is 21.5 Å². The molecule has 0 spiro atoms. The van der Waals surface area contributed by atoms with Crippen LogP contribution in [0.1, 0.15) is 37.7 Å². The highest BCUT2D eigenvalue weighted by Crippen LogP contribution is 2.49. The van der Waals surface area contributed by atoms with Crippen LogP contribution in [-0.2, 0) is 4.79 Å². The van der Waals surface area contributed by atoms with Crippen molar-refractivity contribution >= 4 is 34.2 Å². The maximum atomic E-state index is 16.1. The van der Waals surface area contributed by atoms with Crippen molar-refractivity contribution in [2.75, 3.05) is 25.6 Å². The van der Waals surface area contributed by atoms with E-state index in [4.69, 9.17) is 16.3 Å². The molecule has 1 saturated heterocycles. The second-order valence-corrected chi connectivity index (χ2v) is 9.73. The maximum absolute atomic E-state index is 16.1. The van der Waals surface area contributed by atoms with Gasteiger partial charge in [0, 0.05) is 36.4 Å². The molecule has 0 bridgehead atoms. The molecule has 1 aliphatic carbocycles. The molecule has 1 aliphatic heterocycles. The van der Waals surface area contributed by atoms with Gasteiger partial charge in [-0.1, -0.05) is 18.2 Å². The van der Waals surface area contributed by atoms with Crippen molar-refractivity contribution in [3.8, 4) is 23.0 Å². The van der Waals surface area contributed by atoms with E-state index in [1.54, 1.807) is 11.1 Å². The third-order valence-electron chi connectivity index (χ3n) is 7.18. The fraction of sp³-hybridized carbons (Fsp3) is 0.385. The number of methoxy groups -OCH3 is 1. The van der Waals surface area contributed by atoms with Crippen molar-refractivity contribution in [2.45, 2.75) is 44.2 Å². The lowest BCUT2D eigenvalue weighted by Gasteiger charge is -2.31.